The predicted octanol–water partition coefficient (Wildman–Crippen LogP) is 2.09. The first-order valence-electron chi connectivity index (χ1n) is 7.45. The van der Waals surface area contributed by atoms with E-state index in [1.54, 1.807) is 19.1 Å². The first-order chi connectivity index (χ1) is 10.1. The molecule has 0 bridgehead atoms. The van der Waals surface area contributed by atoms with Crippen molar-refractivity contribution in [3.05, 3.63) is 29.3 Å². The van der Waals surface area contributed by atoms with Gasteiger partial charge in [-0.15, -0.1) is 0 Å². The zero-order valence-electron chi connectivity index (χ0n) is 14.0. The van der Waals surface area contributed by atoms with Gasteiger partial charge in [-0.1, -0.05) is 26.0 Å². The SMILES string of the molecule is Cc1ccc(C)c(S(=O)(=O)N(C)CC(=O)NCCC(C)C)c1. The zero-order chi connectivity index (χ0) is 16.9. The summed E-state index contributed by atoms with van der Waals surface area (Å²) >= 11 is 0. The third kappa shape index (κ3) is 5.10. The molecule has 0 saturated carbocycles. The summed E-state index contributed by atoms with van der Waals surface area (Å²) < 4.78 is 26.2. The minimum atomic E-state index is -3.66. The highest BCUT2D eigenvalue weighted by Crippen LogP contribution is 2.20. The van der Waals surface area contributed by atoms with Crippen LogP contribution in [-0.4, -0.2) is 38.8 Å². The number of sulfonamides is 1. The third-order valence-electron chi connectivity index (χ3n) is 3.44. The number of aryl methyl sites for hydroxylation is 2. The topological polar surface area (TPSA) is 66.5 Å². The number of carbonyl (C=O) groups excluding carboxylic acids is 1. The van der Waals surface area contributed by atoms with Crippen molar-refractivity contribution in [2.75, 3.05) is 20.1 Å². The van der Waals surface area contributed by atoms with Gasteiger partial charge in [-0.05, 0) is 43.4 Å². The molecule has 6 heteroatoms. The van der Waals surface area contributed by atoms with Crippen molar-refractivity contribution < 1.29 is 13.2 Å². The van der Waals surface area contributed by atoms with Gasteiger partial charge in [0.1, 0.15) is 0 Å². The molecule has 0 atom stereocenters. The van der Waals surface area contributed by atoms with Gasteiger partial charge >= 0.3 is 0 Å². The number of hydrogen-bond acceptors (Lipinski definition) is 3. The number of amides is 1. The fourth-order valence-electron chi connectivity index (χ4n) is 2.00. The minimum absolute atomic E-state index is 0.173. The van der Waals surface area contributed by atoms with Crippen LogP contribution in [0.15, 0.2) is 23.1 Å². The monoisotopic (exact) mass is 326 g/mol. The van der Waals surface area contributed by atoms with E-state index in [-0.39, 0.29) is 17.3 Å². The van der Waals surface area contributed by atoms with Crippen LogP contribution in [0.4, 0.5) is 0 Å². The van der Waals surface area contributed by atoms with Gasteiger partial charge in [0.25, 0.3) is 0 Å². The molecule has 0 spiro atoms. The number of nitrogens with zero attached hydrogens (tertiary/aromatic N) is 1. The largest absolute Gasteiger partial charge is 0.355 e. The normalized spacial score (nSPS) is 12.0. The molecule has 5 nitrogen and oxygen atoms in total. The van der Waals surface area contributed by atoms with Crippen LogP contribution in [0.5, 0.6) is 0 Å². The Kier molecular flexibility index (Phi) is 6.56. The van der Waals surface area contributed by atoms with E-state index in [1.165, 1.54) is 7.05 Å². The maximum absolute atomic E-state index is 12.6. The highest BCUT2D eigenvalue weighted by molar-refractivity contribution is 7.89. The number of hydrogen-bond donors (Lipinski definition) is 1. The Morgan fingerprint density at radius 1 is 1.27 bits per heavy atom. The van der Waals surface area contributed by atoms with Crippen molar-refractivity contribution in [1.29, 1.82) is 0 Å². The summed E-state index contributed by atoms with van der Waals surface area (Å²) in [4.78, 5) is 12.1. The van der Waals surface area contributed by atoms with Crippen LogP contribution < -0.4 is 5.32 Å². The summed E-state index contributed by atoms with van der Waals surface area (Å²) in [5.41, 5.74) is 1.55. The molecular formula is C16H26N2O3S. The number of carbonyl (C=O) groups is 1. The summed E-state index contributed by atoms with van der Waals surface area (Å²) in [6, 6.07) is 5.28. The Balaban J connectivity index is 2.77. The van der Waals surface area contributed by atoms with Crippen molar-refractivity contribution in [2.24, 2.45) is 5.92 Å². The zero-order valence-corrected chi connectivity index (χ0v) is 14.8. The van der Waals surface area contributed by atoms with E-state index in [4.69, 9.17) is 0 Å². The van der Waals surface area contributed by atoms with Gasteiger partial charge in [0.2, 0.25) is 15.9 Å². The Bertz CT molecular complexity index is 624. The standard InChI is InChI=1S/C16H26N2O3S/c1-12(2)8-9-17-16(19)11-18(5)22(20,21)15-10-13(3)6-7-14(15)4/h6-7,10,12H,8-9,11H2,1-5H3,(H,17,19). The van der Waals surface area contributed by atoms with E-state index in [2.05, 4.69) is 19.2 Å². The summed E-state index contributed by atoms with van der Waals surface area (Å²) in [5, 5.41) is 2.75. The average molecular weight is 326 g/mol. The van der Waals surface area contributed by atoms with Crippen LogP contribution in [0, 0.1) is 19.8 Å². The second kappa shape index (κ2) is 7.74. The first-order valence-corrected chi connectivity index (χ1v) is 8.89. The molecule has 0 fully saturated rings. The van der Waals surface area contributed by atoms with Crippen LogP contribution in [0.2, 0.25) is 0 Å². The third-order valence-corrected chi connectivity index (χ3v) is 5.39. The van der Waals surface area contributed by atoms with E-state index in [0.717, 1.165) is 16.3 Å². The van der Waals surface area contributed by atoms with Gasteiger partial charge in [0.15, 0.2) is 0 Å². The van der Waals surface area contributed by atoms with E-state index in [1.807, 2.05) is 13.0 Å². The summed E-state index contributed by atoms with van der Waals surface area (Å²) in [5.74, 6) is 0.216. The molecule has 0 aromatic heterocycles. The molecule has 124 valence electrons. The van der Waals surface area contributed by atoms with Crippen LogP contribution in [0.1, 0.15) is 31.4 Å². The lowest BCUT2D eigenvalue weighted by molar-refractivity contribution is -0.121. The molecule has 0 aliphatic heterocycles. The Morgan fingerprint density at radius 3 is 2.50 bits per heavy atom. The van der Waals surface area contributed by atoms with Crippen LogP contribution in [-0.2, 0) is 14.8 Å². The molecule has 22 heavy (non-hydrogen) atoms. The van der Waals surface area contributed by atoms with Gasteiger partial charge < -0.3 is 5.32 Å². The minimum Gasteiger partial charge on any atom is -0.355 e. The number of rotatable bonds is 7. The Labute approximate surface area is 133 Å². The maximum Gasteiger partial charge on any atom is 0.243 e. The molecular weight excluding hydrogens is 300 g/mol. The number of likely N-dealkylation sites (N-methyl/N-ethyl adjacent to an activating group) is 1. The molecule has 1 aromatic rings. The average Bonchev–Trinajstić information content (AvgIpc) is 2.40. The smallest absolute Gasteiger partial charge is 0.243 e. The van der Waals surface area contributed by atoms with E-state index < -0.39 is 10.0 Å². The van der Waals surface area contributed by atoms with Crippen molar-refractivity contribution in [3.8, 4) is 0 Å². The van der Waals surface area contributed by atoms with Crippen LogP contribution in [0.25, 0.3) is 0 Å². The van der Waals surface area contributed by atoms with Gasteiger partial charge in [-0.3, -0.25) is 4.79 Å². The van der Waals surface area contributed by atoms with E-state index >= 15 is 0 Å². The molecule has 1 amide bonds. The highest BCUT2D eigenvalue weighted by atomic mass is 32.2. The second-order valence-electron chi connectivity index (χ2n) is 6.06. The molecule has 1 N–H and O–H groups in total. The van der Waals surface area contributed by atoms with Crippen molar-refractivity contribution in [2.45, 2.75) is 39.0 Å². The molecule has 0 unspecified atom stereocenters. The summed E-state index contributed by atoms with van der Waals surface area (Å²) in [6.07, 6.45) is 0.874. The molecule has 1 rings (SSSR count). The lowest BCUT2D eigenvalue weighted by Gasteiger charge is -2.18. The highest BCUT2D eigenvalue weighted by Gasteiger charge is 2.24. The maximum atomic E-state index is 12.6. The fraction of sp³-hybridized carbons (Fsp3) is 0.562. The quantitative estimate of drug-likeness (QED) is 0.834. The van der Waals surface area contributed by atoms with Gasteiger partial charge in [-0.25, -0.2) is 8.42 Å². The second-order valence-corrected chi connectivity index (χ2v) is 8.08. The predicted molar refractivity (Wildman–Crippen MR) is 88.2 cm³/mol. The van der Waals surface area contributed by atoms with E-state index in [9.17, 15) is 13.2 Å². The lowest BCUT2D eigenvalue weighted by atomic mass is 10.1. The van der Waals surface area contributed by atoms with Gasteiger partial charge in [-0.2, -0.15) is 4.31 Å². The Hall–Kier alpha value is -1.40. The van der Waals surface area contributed by atoms with E-state index in [0.29, 0.717) is 18.0 Å². The van der Waals surface area contributed by atoms with Crippen LogP contribution in [0.3, 0.4) is 0 Å². The Morgan fingerprint density at radius 2 is 1.91 bits per heavy atom. The molecule has 1 aromatic carbocycles. The van der Waals surface area contributed by atoms with Crippen molar-refractivity contribution in [1.82, 2.24) is 9.62 Å². The van der Waals surface area contributed by atoms with Gasteiger partial charge in [0, 0.05) is 13.6 Å². The molecule has 0 aliphatic carbocycles. The molecule has 0 radical (unpaired) electrons. The molecule has 0 aliphatic rings. The van der Waals surface area contributed by atoms with Crippen molar-refractivity contribution >= 4 is 15.9 Å². The molecule has 0 saturated heterocycles. The van der Waals surface area contributed by atoms with Crippen molar-refractivity contribution in [3.63, 3.8) is 0 Å². The number of nitrogens with one attached hydrogen (secondary N) is 1. The summed E-state index contributed by atoms with van der Waals surface area (Å²) in [6.45, 7) is 8.13. The summed E-state index contributed by atoms with van der Waals surface area (Å²) in [7, 11) is -2.23. The lowest BCUT2D eigenvalue weighted by Crippen LogP contribution is -2.39. The number of benzene rings is 1. The van der Waals surface area contributed by atoms with Gasteiger partial charge in [0.05, 0.1) is 11.4 Å². The van der Waals surface area contributed by atoms with Crippen LogP contribution >= 0.6 is 0 Å². The first kappa shape index (κ1) is 18.6. The molecule has 0 heterocycles. The fourth-order valence-corrected chi connectivity index (χ4v) is 3.43.